The van der Waals surface area contributed by atoms with Crippen LogP contribution in [0.1, 0.15) is 13.3 Å². The number of anilines is 1. The minimum atomic E-state index is -0.514. The molecule has 0 spiro atoms. The molecule has 2 rings (SSSR count). The van der Waals surface area contributed by atoms with E-state index in [1.54, 1.807) is 0 Å². The minimum Gasteiger partial charge on any atom is -0.466 e. The fourth-order valence-electron chi connectivity index (χ4n) is 2.23. The number of benzene rings is 1. The standard InChI is InChI=1S/C14H14Cl2N2O4/c1-8(19)22-7-9-2-3-10(4-9)17-13-5-11(15)12(16)6-14(13)18(20)21/h2-3,5-6,9-10,17H,4,7H2,1H3/t9-,10-/m1/s1. The van der Waals surface area contributed by atoms with Crippen molar-refractivity contribution in [3.8, 4) is 0 Å². The highest BCUT2D eigenvalue weighted by Crippen LogP contribution is 2.36. The molecule has 0 saturated heterocycles. The second-order valence-electron chi connectivity index (χ2n) is 4.97. The van der Waals surface area contributed by atoms with Gasteiger partial charge in [-0.3, -0.25) is 14.9 Å². The maximum atomic E-state index is 11.1. The van der Waals surface area contributed by atoms with Gasteiger partial charge >= 0.3 is 5.97 Å². The van der Waals surface area contributed by atoms with Crippen molar-refractivity contribution in [2.75, 3.05) is 11.9 Å². The zero-order chi connectivity index (χ0) is 16.3. The molecule has 0 unspecified atom stereocenters. The molecule has 1 saturated carbocycles. The third-order valence-corrected chi connectivity index (χ3v) is 3.97. The Morgan fingerprint density at radius 3 is 2.73 bits per heavy atom. The van der Waals surface area contributed by atoms with Crippen LogP contribution in [0.4, 0.5) is 11.4 Å². The van der Waals surface area contributed by atoms with Crippen LogP contribution in [0.2, 0.25) is 10.0 Å². The monoisotopic (exact) mass is 344 g/mol. The first-order valence-corrected chi connectivity index (χ1v) is 7.34. The third kappa shape index (κ3) is 4.24. The summed E-state index contributed by atoms with van der Waals surface area (Å²) < 4.78 is 4.96. The van der Waals surface area contributed by atoms with Crippen LogP contribution in [0.5, 0.6) is 0 Å². The Bertz CT molecular complexity index is 594. The van der Waals surface area contributed by atoms with Crippen LogP contribution in [0, 0.1) is 28.9 Å². The molecular formula is C14H14Cl2N2O4. The van der Waals surface area contributed by atoms with Gasteiger partial charge in [0.1, 0.15) is 5.69 Å². The van der Waals surface area contributed by atoms with Gasteiger partial charge in [-0.15, -0.1) is 0 Å². The van der Waals surface area contributed by atoms with Crippen LogP contribution in [0.15, 0.2) is 12.1 Å². The van der Waals surface area contributed by atoms with Crippen molar-refractivity contribution in [2.45, 2.75) is 19.4 Å². The fourth-order valence-corrected chi connectivity index (χ4v) is 2.55. The molecule has 0 bridgehead atoms. The summed E-state index contributed by atoms with van der Waals surface area (Å²) in [5.41, 5.74) is 0.174. The minimum absolute atomic E-state index is 0.0863. The van der Waals surface area contributed by atoms with Crippen LogP contribution in [-0.4, -0.2) is 23.5 Å². The van der Waals surface area contributed by atoms with Gasteiger partial charge in [0.15, 0.2) is 0 Å². The average Bonchev–Trinajstić information content (AvgIpc) is 2.87. The van der Waals surface area contributed by atoms with E-state index in [9.17, 15) is 14.9 Å². The molecule has 1 aromatic carbocycles. The van der Waals surface area contributed by atoms with Crippen molar-refractivity contribution in [3.05, 3.63) is 45.1 Å². The predicted molar refractivity (Wildman–Crippen MR) is 83.9 cm³/mol. The molecule has 1 aliphatic rings. The molecule has 1 N–H and O–H groups in total. The summed E-state index contributed by atoms with van der Waals surface area (Å²) in [5.74, 6) is -0.242. The fraction of sp³-hybridized carbons (Fsp3) is 0.357. The number of halogens is 2. The van der Waals surface area contributed by atoms with Gasteiger partial charge in [-0.2, -0.15) is 0 Å². The van der Waals surface area contributed by atoms with Crippen molar-refractivity contribution in [3.63, 3.8) is 0 Å². The first-order chi connectivity index (χ1) is 10.4. The van der Waals surface area contributed by atoms with E-state index in [0.29, 0.717) is 18.7 Å². The van der Waals surface area contributed by atoms with E-state index < -0.39 is 4.92 Å². The van der Waals surface area contributed by atoms with Gasteiger partial charge in [0.25, 0.3) is 5.69 Å². The molecule has 1 aliphatic carbocycles. The number of ether oxygens (including phenoxy) is 1. The second kappa shape index (κ2) is 7.15. The number of esters is 1. The molecule has 118 valence electrons. The Balaban J connectivity index is 2.04. The summed E-state index contributed by atoms with van der Waals surface area (Å²) in [7, 11) is 0. The van der Waals surface area contributed by atoms with Crippen molar-refractivity contribution in [1.29, 1.82) is 0 Å². The highest BCUT2D eigenvalue weighted by Gasteiger charge is 2.28. The lowest BCUT2D eigenvalue weighted by Crippen LogP contribution is -2.18. The van der Waals surface area contributed by atoms with E-state index in [1.807, 2.05) is 12.8 Å². The number of nitro groups is 1. The van der Waals surface area contributed by atoms with E-state index in [0.717, 1.165) is 0 Å². The van der Waals surface area contributed by atoms with Gasteiger partial charge in [0.05, 0.1) is 21.6 Å². The zero-order valence-electron chi connectivity index (χ0n) is 11.7. The van der Waals surface area contributed by atoms with E-state index in [1.165, 1.54) is 19.1 Å². The van der Waals surface area contributed by atoms with Crippen LogP contribution in [0.3, 0.4) is 0 Å². The summed E-state index contributed by atoms with van der Waals surface area (Å²) in [6.45, 7) is 1.65. The number of hydrogen-bond donors (Lipinski definition) is 1. The van der Waals surface area contributed by atoms with Gasteiger partial charge in [-0.1, -0.05) is 23.2 Å². The summed E-state index contributed by atoms with van der Waals surface area (Å²) in [4.78, 5) is 21.4. The molecule has 2 radical (unpaired) electrons. The van der Waals surface area contributed by atoms with Crippen LogP contribution >= 0.6 is 23.2 Å². The van der Waals surface area contributed by atoms with E-state index in [2.05, 4.69) is 5.32 Å². The number of nitro benzene ring substituents is 1. The van der Waals surface area contributed by atoms with Crippen molar-refractivity contribution >= 4 is 40.5 Å². The quantitative estimate of drug-likeness (QED) is 0.500. The normalized spacial score (nSPS) is 20.7. The Kier molecular flexibility index (Phi) is 5.47. The Hall–Kier alpha value is -1.53. The molecular weight excluding hydrogens is 331 g/mol. The summed E-state index contributed by atoms with van der Waals surface area (Å²) in [5, 5.41) is 14.5. The van der Waals surface area contributed by atoms with E-state index in [-0.39, 0.29) is 33.7 Å². The first kappa shape index (κ1) is 16.8. The molecule has 8 heteroatoms. The Labute approximate surface area is 137 Å². The largest absolute Gasteiger partial charge is 0.466 e. The topological polar surface area (TPSA) is 81.5 Å². The molecule has 1 aromatic rings. The van der Waals surface area contributed by atoms with E-state index >= 15 is 0 Å². The molecule has 0 amide bonds. The Morgan fingerprint density at radius 1 is 1.41 bits per heavy atom. The number of carbonyl (C=O) groups excluding carboxylic acids is 1. The number of hydrogen-bond acceptors (Lipinski definition) is 5. The molecule has 1 fully saturated rings. The lowest BCUT2D eigenvalue weighted by molar-refractivity contribution is -0.384. The molecule has 0 aliphatic heterocycles. The molecule has 6 nitrogen and oxygen atoms in total. The van der Waals surface area contributed by atoms with Crippen LogP contribution < -0.4 is 5.32 Å². The van der Waals surface area contributed by atoms with Crippen molar-refractivity contribution in [2.24, 2.45) is 5.92 Å². The maximum absolute atomic E-state index is 11.1. The summed E-state index contributed by atoms with van der Waals surface area (Å²) in [6.07, 6.45) is 4.48. The average molecular weight is 345 g/mol. The highest BCUT2D eigenvalue weighted by atomic mass is 35.5. The molecule has 0 aromatic heterocycles. The van der Waals surface area contributed by atoms with Gasteiger partial charge in [-0.25, -0.2) is 0 Å². The molecule has 0 heterocycles. The van der Waals surface area contributed by atoms with E-state index in [4.69, 9.17) is 27.9 Å². The summed E-state index contributed by atoms with van der Waals surface area (Å²) >= 11 is 11.7. The zero-order valence-corrected chi connectivity index (χ0v) is 13.2. The predicted octanol–water partition coefficient (Wildman–Crippen LogP) is 3.67. The first-order valence-electron chi connectivity index (χ1n) is 6.58. The maximum Gasteiger partial charge on any atom is 0.302 e. The number of carbonyl (C=O) groups is 1. The second-order valence-corrected chi connectivity index (χ2v) is 5.79. The lowest BCUT2D eigenvalue weighted by Gasteiger charge is -2.15. The molecule has 22 heavy (non-hydrogen) atoms. The smallest absolute Gasteiger partial charge is 0.302 e. The van der Waals surface area contributed by atoms with Gasteiger partial charge in [0.2, 0.25) is 0 Å². The number of rotatable bonds is 5. The van der Waals surface area contributed by atoms with Gasteiger partial charge in [0, 0.05) is 19.0 Å². The molecule has 2 atom stereocenters. The Morgan fingerprint density at radius 2 is 2.09 bits per heavy atom. The van der Waals surface area contributed by atoms with Crippen molar-refractivity contribution < 1.29 is 14.5 Å². The summed E-state index contributed by atoms with van der Waals surface area (Å²) in [6, 6.07) is 2.56. The van der Waals surface area contributed by atoms with Gasteiger partial charge in [-0.05, 0) is 31.2 Å². The number of nitrogens with one attached hydrogen (secondary N) is 1. The van der Waals surface area contributed by atoms with Crippen molar-refractivity contribution in [1.82, 2.24) is 0 Å². The third-order valence-electron chi connectivity index (χ3n) is 3.25. The lowest BCUT2D eigenvalue weighted by atomic mass is 10.1. The SMILES string of the molecule is CC(=O)OC[C@@H]1[CH][CH][C@@H](Nc2cc(Cl)c(Cl)cc2[N+](=O)[O-])C1. The highest BCUT2D eigenvalue weighted by molar-refractivity contribution is 6.42. The number of nitrogens with zero attached hydrogens (tertiary/aromatic N) is 1. The van der Waals surface area contributed by atoms with Gasteiger partial charge < -0.3 is 10.1 Å². The van der Waals surface area contributed by atoms with Crippen LogP contribution in [-0.2, 0) is 9.53 Å². The van der Waals surface area contributed by atoms with Crippen LogP contribution in [0.25, 0.3) is 0 Å².